The number of aromatic nitrogens is 8. The standard InChI is InChI=1S/C52H59N13O6S/c1-29(2)46(44-21-30(3)61-71-44)51(70)64-27-37(66)22-42(64)50(69)57-39(33-9-11-34(12-10-33)48-31(4)56-28-72-48)24-45(68)62-17-13-32(14-18-62)35-25-54-52(55-26-35)63-19-15-36(16-20-63)65-41-23-40(38-7-5-6-8-43(38)67)58-59-47(41)49(53)60-65/h5-12,21,23,25-26,28-29,32,36-37,39,42,46,66-67H,13-20,22,24,27H2,1-4H3,(H2,53,60)(H,57,69)/t37-,39?,42+,46?/m1/s1. The molecule has 0 radical (unpaired) electrons. The number of aliphatic hydroxyl groups is 1. The van der Waals surface area contributed by atoms with Gasteiger partial charge in [0.25, 0.3) is 0 Å². The van der Waals surface area contributed by atoms with Crippen molar-refractivity contribution < 1.29 is 29.1 Å². The van der Waals surface area contributed by atoms with Crippen LogP contribution in [0.1, 0.15) is 105 Å². The highest BCUT2D eigenvalue weighted by Crippen LogP contribution is 2.36. The Bertz CT molecular complexity index is 3070. The van der Waals surface area contributed by atoms with Gasteiger partial charge in [0.05, 0.1) is 57.6 Å². The minimum absolute atomic E-state index is 0.00369. The molecule has 3 aliphatic rings. The predicted octanol–water partition coefficient (Wildman–Crippen LogP) is 6.50. The number of piperidine rings is 2. The van der Waals surface area contributed by atoms with E-state index < -0.39 is 30.0 Å². The number of para-hydroxylation sites is 1. The van der Waals surface area contributed by atoms with Gasteiger partial charge in [0.1, 0.15) is 23.5 Å². The molecular weight excluding hydrogens is 935 g/mol. The fraction of sp³-hybridized carbons (Fsp3) is 0.423. The highest BCUT2D eigenvalue weighted by Gasteiger charge is 2.44. The van der Waals surface area contributed by atoms with Crippen LogP contribution in [0, 0.1) is 19.8 Å². The molecule has 0 spiro atoms. The number of thiazole rings is 1. The van der Waals surface area contributed by atoms with Gasteiger partial charge in [0.2, 0.25) is 23.7 Å². The highest BCUT2D eigenvalue weighted by atomic mass is 32.1. The quantitative estimate of drug-likeness (QED) is 0.0964. The number of nitrogens with one attached hydrogen (secondary N) is 1. The van der Waals surface area contributed by atoms with E-state index in [0.717, 1.165) is 71.6 Å². The van der Waals surface area contributed by atoms with Crippen molar-refractivity contribution >= 4 is 51.9 Å². The Kier molecular flexibility index (Phi) is 13.7. The van der Waals surface area contributed by atoms with Gasteiger partial charge in [-0.25, -0.2) is 15.0 Å². The molecule has 10 rings (SSSR count). The molecule has 5 N–H and O–H groups in total. The number of nitrogen functional groups attached to an aromatic ring is 1. The molecule has 19 nitrogen and oxygen atoms in total. The number of carbonyl (C=O) groups excluding carboxylic acids is 3. The maximum Gasteiger partial charge on any atom is 0.243 e. The SMILES string of the molecule is Cc1cc(C(C(=O)N2C[C@H](O)C[C@H]2C(=O)NC(CC(=O)N2CCC(c3cnc(N4CCC(n5nc(N)c6nnc(-c7ccccc7O)cc65)CC4)nc3)CC2)c2ccc(-c3scnc3C)cc2)C(C)C)on1. The van der Waals surface area contributed by atoms with Gasteiger partial charge in [0.15, 0.2) is 11.3 Å². The van der Waals surface area contributed by atoms with Gasteiger partial charge < -0.3 is 40.5 Å². The summed E-state index contributed by atoms with van der Waals surface area (Å²) >= 11 is 1.55. The number of carbonyl (C=O) groups is 3. The molecule has 72 heavy (non-hydrogen) atoms. The Morgan fingerprint density at radius 2 is 1.67 bits per heavy atom. The molecule has 3 saturated heterocycles. The lowest BCUT2D eigenvalue weighted by Crippen LogP contribution is -2.49. The second-order valence-electron chi connectivity index (χ2n) is 19.6. The Hall–Kier alpha value is -7.32. The Morgan fingerprint density at radius 3 is 2.33 bits per heavy atom. The molecule has 0 saturated carbocycles. The number of benzene rings is 2. The summed E-state index contributed by atoms with van der Waals surface area (Å²) in [7, 11) is 0. The third kappa shape index (κ3) is 9.84. The van der Waals surface area contributed by atoms with Crippen LogP contribution in [0.15, 0.2) is 83.1 Å². The van der Waals surface area contributed by atoms with E-state index >= 15 is 0 Å². The number of β-amino-alcohol motifs (C(OH)–C–C–N with tert-alkyl or cyclic N) is 1. The predicted molar refractivity (Wildman–Crippen MR) is 271 cm³/mol. The maximum atomic E-state index is 14.4. The number of phenols is 1. The molecule has 4 atom stereocenters. The molecule has 20 heteroatoms. The zero-order chi connectivity index (χ0) is 50.2. The fourth-order valence-corrected chi connectivity index (χ4v) is 11.4. The molecule has 2 aromatic carbocycles. The summed E-state index contributed by atoms with van der Waals surface area (Å²) < 4.78 is 7.47. The van der Waals surface area contributed by atoms with Crippen LogP contribution in [0.5, 0.6) is 5.75 Å². The van der Waals surface area contributed by atoms with Gasteiger partial charge in [0, 0.05) is 63.2 Å². The van der Waals surface area contributed by atoms with Crippen molar-refractivity contribution in [3.63, 3.8) is 0 Å². The third-order valence-electron chi connectivity index (χ3n) is 14.5. The van der Waals surface area contributed by atoms with Crippen LogP contribution in [-0.4, -0.2) is 123 Å². The van der Waals surface area contributed by atoms with Crippen LogP contribution in [0.25, 0.3) is 32.7 Å². The smallest absolute Gasteiger partial charge is 0.243 e. The summed E-state index contributed by atoms with van der Waals surface area (Å²) in [5, 5.41) is 41.8. The number of anilines is 2. The lowest BCUT2D eigenvalue weighted by molar-refractivity contribution is -0.141. The first kappa shape index (κ1) is 48.3. The molecule has 3 amide bonds. The number of phenolic OH excluding ortho intramolecular Hbond substituents is 1. The average molecular weight is 994 g/mol. The van der Waals surface area contributed by atoms with Gasteiger partial charge in [-0.05, 0) is 86.3 Å². The molecule has 3 aliphatic heterocycles. The summed E-state index contributed by atoms with van der Waals surface area (Å²) in [5.74, 6) is -0.00905. The van der Waals surface area contributed by atoms with Crippen LogP contribution in [0.4, 0.5) is 11.8 Å². The van der Waals surface area contributed by atoms with Crippen LogP contribution in [-0.2, 0) is 14.4 Å². The second-order valence-corrected chi connectivity index (χ2v) is 20.5. The monoisotopic (exact) mass is 993 g/mol. The van der Waals surface area contributed by atoms with Crippen LogP contribution < -0.4 is 16.0 Å². The number of nitrogens with zero attached hydrogens (tertiary/aromatic N) is 11. The van der Waals surface area contributed by atoms with Gasteiger partial charge in [-0.1, -0.05) is 55.4 Å². The normalized spacial score (nSPS) is 18.8. The lowest BCUT2D eigenvalue weighted by atomic mass is 9.90. The maximum absolute atomic E-state index is 14.4. The molecule has 2 unspecified atom stereocenters. The summed E-state index contributed by atoms with van der Waals surface area (Å²) in [6.07, 6.45) is 6.04. The van der Waals surface area contributed by atoms with E-state index in [1.54, 1.807) is 42.5 Å². The van der Waals surface area contributed by atoms with Gasteiger partial charge >= 0.3 is 0 Å². The van der Waals surface area contributed by atoms with Crippen molar-refractivity contribution in [1.82, 2.24) is 55.2 Å². The molecule has 374 valence electrons. The van der Waals surface area contributed by atoms with E-state index in [1.807, 2.05) is 84.7 Å². The topological polar surface area (TPSA) is 248 Å². The van der Waals surface area contributed by atoms with Crippen molar-refractivity contribution in [1.29, 1.82) is 0 Å². The van der Waals surface area contributed by atoms with Gasteiger partial charge in [-0.15, -0.1) is 21.5 Å². The summed E-state index contributed by atoms with van der Waals surface area (Å²) in [6, 6.07) is 16.9. The minimum Gasteiger partial charge on any atom is -0.507 e. The average Bonchev–Trinajstić information content (AvgIpc) is 4.20. The number of likely N-dealkylation sites (tertiary alicyclic amines) is 2. The molecule has 3 fully saturated rings. The first-order valence-electron chi connectivity index (χ1n) is 24.7. The van der Waals surface area contributed by atoms with Crippen LogP contribution in [0.2, 0.25) is 0 Å². The van der Waals surface area contributed by atoms with Gasteiger partial charge in [-0.3, -0.25) is 19.1 Å². The first-order valence-corrected chi connectivity index (χ1v) is 25.5. The summed E-state index contributed by atoms with van der Waals surface area (Å²) in [5.41, 5.74) is 14.9. The van der Waals surface area contributed by atoms with Crippen LogP contribution in [0.3, 0.4) is 0 Å². The Labute approximate surface area is 420 Å². The zero-order valence-electron chi connectivity index (χ0n) is 40.8. The number of amides is 3. The summed E-state index contributed by atoms with van der Waals surface area (Å²) in [6.45, 7) is 10.1. The molecule has 0 bridgehead atoms. The van der Waals surface area contributed by atoms with E-state index in [-0.39, 0.29) is 54.8 Å². The number of aromatic hydroxyl groups is 1. The summed E-state index contributed by atoms with van der Waals surface area (Å²) in [4.78, 5) is 63.4. The molecule has 5 aromatic heterocycles. The van der Waals surface area contributed by atoms with Crippen molar-refractivity contribution in [2.75, 3.05) is 43.4 Å². The molecule has 7 aromatic rings. The van der Waals surface area contributed by atoms with E-state index in [2.05, 4.69) is 35.7 Å². The van der Waals surface area contributed by atoms with E-state index in [0.29, 0.717) is 53.1 Å². The fourth-order valence-electron chi connectivity index (χ4n) is 10.6. The third-order valence-corrected chi connectivity index (χ3v) is 15.5. The van der Waals surface area contributed by atoms with Crippen LogP contribution >= 0.6 is 11.3 Å². The number of nitrogens with two attached hydrogens (primary N) is 1. The Balaban J connectivity index is 0.777. The number of aliphatic hydroxyl groups excluding tert-OH is 1. The van der Waals surface area contributed by atoms with Crippen molar-refractivity contribution in [3.8, 4) is 27.4 Å². The van der Waals surface area contributed by atoms with E-state index in [1.165, 1.54) is 4.90 Å². The lowest BCUT2D eigenvalue weighted by Gasteiger charge is -2.34. The van der Waals surface area contributed by atoms with Crippen molar-refractivity contribution in [2.45, 2.75) is 102 Å². The minimum atomic E-state index is -0.948. The highest BCUT2D eigenvalue weighted by molar-refractivity contribution is 7.13. The van der Waals surface area contributed by atoms with Crippen molar-refractivity contribution in [2.24, 2.45) is 5.92 Å². The number of rotatable bonds is 13. The van der Waals surface area contributed by atoms with E-state index in [9.17, 15) is 24.6 Å². The number of hydrogen-bond acceptors (Lipinski definition) is 16. The Morgan fingerprint density at radius 1 is 0.931 bits per heavy atom. The zero-order valence-corrected chi connectivity index (χ0v) is 41.6. The molecule has 8 heterocycles. The number of aryl methyl sites for hydroxylation is 2. The van der Waals surface area contributed by atoms with E-state index in [4.69, 9.17) is 20.2 Å². The largest absolute Gasteiger partial charge is 0.507 e. The molecular formula is C52H59N13O6S. The second kappa shape index (κ2) is 20.4. The van der Waals surface area contributed by atoms with Gasteiger partial charge in [-0.2, -0.15) is 5.10 Å². The number of fused-ring (bicyclic) bond motifs is 1. The van der Waals surface area contributed by atoms with Crippen molar-refractivity contribution in [3.05, 3.63) is 107 Å². The molecule has 0 aliphatic carbocycles. The number of hydrogen-bond donors (Lipinski definition) is 4. The first-order chi connectivity index (χ1) is 34.8.